The Balaban J connectivity index is 2.81. The van der Waals surface area contributed by atoms with Crippen molar-refractivity contribution in [3.63, 3.8) is 0 Å². The fourth-order valence-corrected chi connectivity index (χ4v) is 1.19. The third-order valence-corrected chi connectivity index (χ3v) is 1.95. The highest BCUT2D eigenvalue weighted by Gasteiger charge is 2.17. The van der Waals surface area contributed by atoms with Crippen LogP contribution in [0, 0.1) is 0 Å². The predicted molar refractivity (Wildman–Crippen MR) is 53.8 cm³/mol. The summed E-state index contributed by atoms with van der Waals surface area (Å²) in [5, 5.41) is 0. The average Bonchev–Trinajstić information content (AvgIpc) is 2.16. The molecule has 15 heavy (non-hydrogen) atoms. The zero-order valence-corrected chi connectivity index (χ0v) is 8.28. The molecule has 1 aromatic carbocycles. The SMILES string of the molecule is CN(CC(F)F)C(=O)c1ccccc1N. The first-order valence-electron chi connectivity index (χ1n) is 4.40. The van der Waals surface area contributed by atoms with E-state index in [0.29, 0.717) is 5.69 Å². The molecular formula is C10H12F2N2O. The van der Waals surface area contributed by atoms with Crippen molar-refractivity contribution >= 4 is 11.6 Å². The lowest BCUT2D eigenvalue weighted by Crippen LogP contribution is -2.31. The molecule has 1 aromatic rings. The van der Waals surface area contributed by atoms with Gasteiger partial charge in [-0.2, -0.15) is 0 Å². The van der Waals surface area contributed by atoms with Crippen LogP contribution in [0.3, 0.4) is 0 Å². The minimum atomic E-state index is -2.54. The highest BCUT2D eigenvalue weighted by atomic mass is 19.3. The van der Waals surface area contributed by atoms with Crippen LogP contribution in [0.15, 0.2) is 24.3 Å². The topological polar surface area (TPSA) is 46.3 Å². The molecule has 1 rings (SSSR count). The van der Waals surface area contributed by atoms with Crippen molar-refractivity contribution < 1.29 is 13.6 Å². The molecule has 0 fully saturated rings. The Hall–Kier alpha value is -1.65. The number of halogens is 2. The second kappa shape index (κ2) is 4.72. The molecular weight excluding hydrogens is 202 g/mol. The number of para-hydroxylation sites is 1. The number of nitrogens with zero attached hydrogens (tertiary/aromatic N) is 1. The van der Waals surface area contributed by atoms with Gasteiger partial charge in [-0.3, -0.25) is 4.79 Å². The van der Waals surface area contributed by atoms with Crippen LogP contribution in [-0.2, 0) is 0 Å². The first-order valence-corrected chi connectivity index (χ1v) is 4.40. The summed E-state index contributed by atoms with van der Waals surface area (Å²) in [7, 11) is 1.32. The first-order chi connectivity index (χ1) is 7.02. The molecule has 0 aliphatic heterocycles. The summed E-state index contributed by atoms with van der Waals surface area (Å²) in [6.07, 6.45) is -2.54. The van der Waals surface area contributed by atoms with E-state index < -0.39 is 18.9 Å². The minimum Gasteiger partial charge on any atom is -0.398 e. The van der Waals surface area contributed by atoms with E-state index in [4.69, 9.17) is 5.73 Å². The quantitative estimate of drug-likeness (QED) is 0.777. The average molecular weight is 214 g/mol. The Labute approximate surface area is 86.5 Å². The molecule has 2 N–H and O–H groups in total. The monoisotopic (exact) mass is 214 g/mol. The number of hydrogen-bond donors (Lipinski definition) is 1. The third kappa shape index (κ3) is 2.90. The van der Waals surface area contributed by atoms with Gasteiger partial charge in [0.15, 0.2) is 0 Å². The van der Waals surface area contributed by atoms with Gasteiger partial charge in [0.1, 0.15) is 0 Å². The summed E-state index contributed by atoms with van der Waals surface area (Å²) in [5.41, 5.74) is 6.10. The number of hydrogen-bond acceptors (Lipinski definition) is 2. The van der Waals surface area contributed by atoms with Gasteiger partial charge in [-0.15, -0.1) is 0 Å². The van der Waals surface area contributed by atoms with E-state index in [2.05, 4.69) is 0 Å². The number of rotatable bonds is 3. The number of nitrogens with two attached hydrogens (primary N) is 1. The maximum Gasteiger partial charge on any atom is 0.255 e. The van der Waals surface area contributed by atoms with Gasteiger partial charge in [-0.25, -0.2) is 8.78 Å². The van der Waals surface area contributed by atoms with E-state index in [1.807, 2.05) is 0 Å². The van der Waals surface area contributed by atoms with Crippen LogP contribution in [0.5, 0.6) is 0 Å². The zero-order chi connectivity index (χ0) is 11.4. The van der Waals surface area contributed by atoms with Crippen LogP contribution in [-0.4, -0.2) is 30.8 Å². The van der Waals surface area contributed by atoms with Crippen LogP contribution in [0.1, 0.15) is 10.4 Å². The summed E-state index contributed by atoms with van der Waals surface area (Å²) in [6, 6.07) is 6.39. The molecule has 0 saturated carbocycles. The van der Waals surface area contributed by atoms with Crippen LogP contribution in [0.4, 0.5) is 14.5 Å². The standard InChI is InChI=1S/C10H12F2N2O/c1-14(6-9(11)12)10(15)7-4-2-3-5-8(7)13/h2-5,9H,6,13H2,1H3. The summed E-state index contributed by atoms with van der Waals surface area (Å²) < 4.78 is 24.1. The van der Waals surface area contributed by atoms with Gasteiger partial charge >= 0.3 is 0 Å². The normalized spacial score (nSPS) is 10.4. The fraction of sp³-hybridized carbons (Fsp3) is 0.300. The van der Waals surface area contributed by atoms with E-state index in [-0.39, 0.29) is 5.56 Å². The van der Waals surface area contributed by atoms with Gasteiger partial charge in [-0.05, 0) is 12.1 Å². The third-order valence-electron chi connectivity index (χ3n) is 1.95. The van der Waals surface area contributed by atoms with Crippen LogP contribution in [0.2, 0.25) is 0 Å². The summed E-state index contributed by atoms with van der Waals surface area (Å²) in [4.78, 5) is 12.6. The second-order valence-electron chi connectivity index (χ2n) is 3.16. The molecule has 0 aliphatic rings. The van der Waals surface area contributed by atoms with E-state index in [1.165, 1.54) is 13.1 Å². The van der Waals surface area contributed by atoms with Crippen molar-refractivity contribution in [2.24, 2.45) is 0 Å². The minimum absolute atomic E-state index is 0.251. The first kappa shape index (κ1) is 11.4. The van der Waals surface area contributed by atoms with E-state index in [9.17, 15) is 13.6 Å². The number of amides is 1. The molecule has 5 heteroatoms. The van der Waals surface area contributed by atoms with E-state index in [1.54, 1.807) is 18.2 Å². The molecule has 1 amide bonds. The largest absolute Gasteiger partial charge is 0.398 e. The second-order valence-corrected chi connectivity index (χ2v) is 3.16. The molecule has 0 atom stereocenters. The lowest BCUT2D eigenvalue weighted by atomic mass is 10.1. The van der Waals surface area contributed by atoms with Gasteiger partial charge in [0, 0.05) is 12.7 Å². The molecule has 82 valence electrons. The van der Waals surface area contributed by atoms with Crippen LogP contribution in [0.25, 0.3) is 0 Å². The molecule has 0 heterocycles. The molecule has 0 aromatic heterocycles. The lowest BCUT2D eigenvalue weighted by Gasteiger charge is -2.17. The van der Waals surface area contributed by atoms with Crippen LogP contribution >= 0.6 is 0 Å². The molecule has 0 aliphatic carbocycles. The molecule has 0 radical (unpaired) electrons. The Morgan fingerprint density at radius 3 is 2.60 bits per heavy atom. The fourth-order valence-electron chi connectivity index (χ4n) is 1.19. The molecule has 0 spiro atoms. The number of anilines is 1. The van der Waals surface area contributed by atoms with Gasteiger partial charge in [0.05, 0.1) is 12.1 Å². The van der Waals surface area contributed by atoms with Crippen molar-refractivity contribution in [2.75, 3.05) is 19.3 Å². The van der Waals surface area contributed by atoms with Gasteiger partial charge in [-0.1, -0.05) is 12.1 Å². The van der Waals surface area contributed by atoms with Gasteiger partial charge in [0.2, 0.25) is 0 Å². The smallest absolute Gasteiger partial charge is 0.255 e. The number of alkyl halides is 2. The maximum absolute atomic E-state index is 12.0. The highest BCUT2D eigenvalue weighted by molar-refractivity contribution is 5.98. The van der Waals surface area contributed by atoms with Crippen molar-refractivity contribution in [3.8, 4) is 0 Å². The summed E-state index contributed by atoms with van der Waals surface area (Å²) in [6.45, 7) is -0.590. The van der Waals surface area contributed by atoms with Crippen molar-refractivity contribution in [2.45, 2.75) is 6.43 Å². The van der Waals surface area contributed by atoms with Crippen LogP contribution < -0.4 is 5.73 Å². The Morgan fingerprint density at radius 1 is 1.47 bits per heavy atom. The van der Waals surface area contributed by atoms with E-state index >= 15 is 0 Å². The number of benzene rings is 1. The number of carbonyl (C=O) groups is 1. The highest BCUT2D eigenvalue weighted by Crippen LogP contribution is 2.13. The molecule has 0 unspecified atom stereocenters. The van der Waals surface area contributed by atoms with Crippen molar-refractivity contribution in [1.29, 1.82) is 0 Å². The zero-order valence-electron chi connectivity index (χ0n) is 8.28. The molecule has 0 bridgehead atoms. The Morgan fingerprint density at radius 2 is 2.07 bits per heavy atom. The predicted octanol–water partition coefficient (Wildman–Crippen LogP) is 1.61. The molecule has 3 nitrogen and oxygen atoms in total. The molecule has 0 saturated heterocycles. The van der Waals surface area contributed by atoms with Crippen molar-refractivity contribution in [3.05, 3.63) is 29.8 Å². The summed E-state index contributed by atoms with van der Waals surface area (Å²) >= 11 is 0. The lowest BCUT2D eigenvalue weighted by molar-refractivity contribution is 0.0621. The Kier molecular flexibility index (Phi) is 3.60. The maximum atomic E-state index is 12.0. The number of carbonyl (C=O) groups excluding carboxylic acids is 1. The van der Waals surface area contributed by atoms with Crippen molar-refractivity contribution in [1.82, 2.24) is 4.90 Å². The van der Waals surface area contributed by atoms with Gasteiger partial charge in [0.25, 0.3) is 12.3 Å². The van der Waals surface area contributed by atoms with Gasteiger partial charge < -0.3 is 10.6 Å². The Bertz CT molecular complexity index is 355. The van der Waals surface area contributed by atoms with E-state index in [0.717, 1.165) is 4.90 Å². The summed E-state index contributed by atoms with van der Waals surface area (Å²) in [5.74, 6) is -0.492. The number of nitrogen functional groups attached to an aromatic ring is 1.